The number of rotatable bonds is 4. The summed E-state index contributed by atoms with van der Waals surface area (Å²) in [7, 11) is 3.49. The number of carbonyl (C=O) groups excluding carboxylic acids is 1. The van der Waals surface area contributed by atoms with Crippen LogP contribution in [0, 0.1) is 0 Å². The van der Waals surface area contributed by atoms with Crippen LogP contribution in [0.3, 0.4) is 0 Å². The number of nitrogens with zero attached hydrogens (tertiary/aromatic N) is 1. The van der Waals surface area contributed by atoms with E-state index in [-0.39, 0.29) is 5.97 Å². The van der Waals surface area contributed by atoms with Gasteiger partial charge in [-0.15, -0.1) is 0 Å². The Kier molecular flexibility index (Phi) is 2.88. The quantitative estimate of drug-likeness (QED) is 0.561. The van der Waals surface area contributed by atoms with Gasteiger partial charge in [0.15, 0.2) is 0 Å². The zero-order chi connectivity index (χ0) is 8.27. The van der Waals surface area contributed by atoms with E-state index in [1.807, 2.05) is 0 Å². The number of carbonyl (C=O) groups is 1. The third-order valence-corrected chi connectivity index (χ3v) is 2.07. The first-order valence-corrected chi connectivity index (χ1v) is 4.01. The fourth-order valence-electron chi connectivity index (χ4n) is 1.07. The summed E-state index contributed by atoms with van der Waals surface area (Å²) in [4.78, 5) is 12.9. The van der Waals surface area contributed by atoms with E-state index in [0.29, 0.717) is 6.42 Å². The van der Waals surface area contributed by atoms with Gasteiger partial charge >= 0.3 is 5.97 Å². The molecule has 1 saturated carbocycles. The van der Waals surface area contributed by atoms with Gasteiger partial charge in [-0.1, -0.05) is 0 Å². The van der Waals surface area contributed by atoms with Crippen LogP contribution in [-0.4, -0.2) is 37.6 Å². The average Bonchev–Trinajstić information content (AvgIpc) is 2.81. The Hall–Kier alpha value is -0.570. The van der Waals surface area contributed by atoms with Gasteiger partial charge in [0.2, 0.25) is 0 Å². The van der Waals surface area contributed by atoms with E-state index < -0.39 is 0 Å². The van der Waals surface area contributed by atoms with Crippen LogP contribution in [-0.2, 0) is 9.53 Å². The molecule has 0 atom stereocenters. The lowest BCUT2D eigenvalue weighted by atomic mass is 10.4. The highest BCUT2D eigenvalue weighted by Gasteiger charge is 2.25. The van der Waals surface area contributed by atoms with Gasteiger partial charge in [0.1, 0.15) is 0 Å². The minimum atomic E-state index is -0.113. The van der Waals surface area contributed by atoms with Crippen LogP contribution in [0.25, 0.3) is 0 Å². The summed E-state index contributed by atoms with van der Waals surface area (Å²) in [6.07, 6.45) is 3.10. The van der Waals surface area contributed by atoms with Gasteiger partial charge in [-0.3, -0.25) is 4.79 Å². The maximum atomic E-state index is 10.7. The van der Waals surface area contributed by atoms with Crippen molar-refractivity contribution in [3.05, 3.63) is 0 Å². The molecule has 0 aliphatic heterocycles. The van der Waals surface area contributed by atoms with Gasteiger partial charge in [0.25, 0.3) is 0 Å². The van der Waals surface area contributed by atoms with Gasteiger partial charge in [0.05, 0.1) is 13.5 Å². The van der Waals surface area contributed by atoms with Crippen LogP contribution in [0.15, 0.2) is 0 Å². The van der Waals surface area contributed by atoms with Crippen molar-refractivity contribution in [3.8, 4) is 0 Å². The molecule has 1 fully saturated rings. The van der Waals surface area contributed by atoms with Crippen LogP contribution in [0.1, 0.15) is 19.3 Å². The molecule has 0 aromatic rings. The summed E-state index contributed by atoms with van der Waals surface area (Å²) in [5, 5.41) is 0. The molecular formula is C8H15NO2. The predicted octanol–water partition coefficient (Wildman–Crippen LogP) is 0.644. The van der Waals surface area contributed by atoms with Crippen LogP contribution in [0.5, 0.6) is 0 Å². The van der Waals surface area contributed by atoms with E-state index >= 15 is 0 Å². The highest BCUT2D eigenvalue weighted by molar-refractivity contribution is 5.69. The largest absolute Gasteiger partial charge is 0.469 e. The molecular weight excluding hydrogens is 142 g/mol. The van der Waals surface area contributed by atoms with Crippen LogP contribution >= 0.6 is 0 Å². The van der Waals surface area contributed by atoms with E-state index in [1.165, 1.54) is 20.0 Å². The highest BCUT2D eigenvalue weighted by atomic mass is 16.5. The Morgan fingerprint density at radius 3 is 2.73 bits per heavy atom. The molecule has 64 valence electrons. The summed E-state index contributed by atoms with van der Waals surface area (Å²) in [6.45, 7) is 0.831. The molecule has 0 amide bonds. The fraction of sp³-hybridized carbons (Fsp3) is 0.875. The molecule has 0 unspecified atom stereocenters. The van der Waals surface area contributed by atoms with Crippen molar-refractivity contribution in [2.45, 2.75) is 25.3 Å². The second kappa shape index (κ2) is 3.72. The zero-order valence-electron chi connectivity index (χ0n) is 7.17. The first kappa shape index (κ1) is 8.53. The first-order chi connectivity index (χ1) is 5.24. The fourth-order valence-corrected chi connectivity index (χ4v) is 1.07. The third kappa shape index (κ3) is 2.89. The van der Waals surface area contributed by atoms with Crippen LogP contribution in [0.4, 0.5) is 0 Å². The molecule has 0 heterocycles. The number of hydrogen-bond donors (Lipinski definition) is 0. The highest BCUT2D eigenvalue weighted by Crippen LogP contribution is 2.25. The van der Waals surface area contributed by atoms with E-state index in [2.05, 4.69) is 16.7 Å². The topological polar surface area (TPSA) is 29.5 Å². The summed E-state index contributed by atoms with van der Waals surface area (Å²) >= 11 is 0. The van der Waals surface area contributed by atoms with Crippen LogP contribution in [0.2, 0.25) is 0 Å². The smallest absolute Gasteiger partial charge is 0.306 e. The second-order valence-corrected chi connectivity index (χ2v) is 3.04. The van der Waals surface area contributed by atoms with Crippen molar-refractivity contribution < 1.29 is 9.53 Å². The maximum absolute atomic E-state index is 10.7. The molecule has 0 N–H and O–H groups in total. The minimum absolute atomic E-state index is 0.113. The van der Waals surface area contributed by atoms with E-state index in [9.17, 15) is 4.79 Å². The molecule has 0 aromatic carbocycles. The predicted molar refractivity (Wildman–Crippen MR) is 42.3 cm³/mol. The Bertz CT molecular complexity index is 143. The molecule has 0 spiro atoms. The summed E-state index contributed by atoms with van der Waals surface area (Å²) in [6, 6.07) is 0.736. The molecule has 3 heteroatoms. The van der Waals surface area contributed by atoms with Crippen LogP contribution < -0.4 is 0 Å². The SMILES string of the molecule is COC(=O)CCN(C)C1CC1. The van der Waals surface area contributed by atoms with Crippen molar-refractivity contribution in [1.82, 2.24) is 4.90 Å². The average molecular weight is 157 g/mol. The summed E-state index contributed by atoms with van der Waals surface area (Å²) < 4.78 is 4.54. The lowest BCUT2D eigenvalue weighted by Crippen LogP contribution is -2.24. The minimum Gasteiger partial charge on any atom is -0.469 e. The second-order valence-electron chi connectivity index (χ2n) is 3.04. The first-order valence-electron chi connectivity index (χ1n) is 4.01. The number of esters is 1. The van der Waals surface area contributed by atoms with Crippen molar-refractivity contribution in [2.24, 2.45) is 0 Å². The lowest BCUT2D eigenvalue weighted by Gasteiger charge is -2.13. The molecule has 0 aromatic heterocycles. The summed E-state index contributed by atoms with van der Waals surface area (Å²) in [5.41, 5.74) is 0. The van der Waals surface area contributed by atoms with Gasteiger partial charge in [-0.2, -0.15) is 0 Å². The monoisotopic (exact) mass is 157 g/mol. The molecule has 1 rings (SSSR count). The normalized spacial score (nSPS) is 17.0. The summed E-state index contributed by atoms with van der Waals surface area (Å²) in [5.74, 6) is -0.113. The number of hydrogen-bond acceptors (Lipinski definition) is 3. The molecule has 0 radical (unpaired) electrons. The van der Waals surface area contributed by atoms with E-state index in [4.69, 9.17) is 0 Å². The number of ether oxygens (including phenoxy) is 1. The molecule has 3 nitrogen and oxygen atoms in total. The molecule has 0 bridgehead atoms. The van der Waals surface area contributed by atoms with Crippen molar-refractivity contribution in [3.63, 3.8) is 0 Å². The molecule has 1 aliphatic rings. The van der Waals surface area contributed by atoms with Gasteiger partial charge in [-0.25, -0.2) is 0 Å². The van der Waals surface area contributed by atoms with E-state index in [1.54, 1.807) is 0 Å². The standard InChI is InChI=1S/C8H15NO2/c1-9(7-3-4-7)6-5-8(10)11-2/h7H,3-6H2,1-2H3. The third-order valence-electron chi connectivity index (χ3n) is 2.07. The Labute approximate surface area is 67.3 Å². The van der Waals surface area contributed by atoms with Crippen molar-refractivity contribution >= 4 is 5.97 Å². The number of methoxy groups -OCH3 is 1. The van der Waals surface area contributed by atoms with Crippen molar-refractivity contribution in [1.29, 1.82) is 0 Å². The van der Waals surface area contributed by atoms with Gasteiger partial charge in [0, 0.05) is 12.6 Å². The zero-order valence-corrected chi connectivity index (χ0v) is 7.17. The van der Waals surface area contributed by atoms with Gasteiger partial charge in [-0.05, 0) is 19.9 Å². The lowest BCUT2D eigenvalue weighted by molar-refractivity contribution is -0.140. The molecule has 11 heavy (non-hydrogen) atoms. The van der Waals surface area contributed by atoms with Crippen molar-refractivity contribution in [2.75, 3.05) is 20.7 Å². The molecule has 0 saturated heterocycles. The maximum Gasteiger partial charge on any atom is 0.306 e. The Morgan fingerprint density at radius 2 is 2.27 bits per heavy atom. The Morgan fingerprint density at radius 1 is 1.64 bits per heavy atom. The Balaban J connectivity index is 2.05. The van der Waals surface area contributed by atoms with Gasteiger partial charge < -0.3 is 9.64 Å². The van der Waals surface area contributed by atoms with E-state index in [0.717, 1.165) is 12.6 Å². The molecule has 1 aliphatic carbocycles.